The minimum Gasteiger partial charge on any atom is -0.453 e. The highest BCUT2D eigenvalue weighted by molar-refractivity contribution is 5.67. The van der Waals surface area contributed by atoms with Gasteiger partial charge in [-0.05, 0) is 12.8 Å². The third-order valence-corrected chi connectivity index (χ3v) is 1.95. The predicted octanol–water partition coefficient (Wildman–Crippen LogP) is 1.40. The first-order valence-electron chi connectivity index (χ1n) is 4.40. The van der Waals surface area contributed by atoms with Gasteiger partial charge >= 0.3 is 6.09 Å². The van der Waals surface area contributed by atoms with E-state index in [0.717, 1.165) is 0 Å². The zero-order chi connectivity index (χ0) is 10.4. The van der Waals surface area contributed by atoms with Gasteiger partial charge in [-0.1, -0.05) is 13.8 Å². The molecule has 0 saturated carbocycles. The molecule has 4 nitrogen and oxygen atoms in total. The molecule has 0 bridgehead atoms. The van der Waals surface area contributed by atoms with Crippen molar-refractivity contribution in [1.29, 1.82) is 0 Å². The highest BCUT2D eigenvalue weighted by Crippen LogP contribution is 2.09. The smallest absolute Gasteiger partial charge is 0.407 e. The predicted molar refractivity (Wildman–Crippen MR) is 50.6 cm³/mol. The molecule has 0 radical (unpaired) electrons. The minimum absolute atomic E-state index is 0.0131. The number of amides is 1. The summed E-state index contributed by atoms with van der Waals surface area (Å²) in [6.07, 6.45) is -0.408. The van der Waals surface area contributed by atoms with E-state index < -0.39 is 6.09 Å². The molecule has 4 heteroatoms. The Morgan fingerprint density at radius 3 is 2.08 bits per heavy atom. The summed E-state index contributed by atoms with van der Waals surface area (Å²) in [5.41, 5.74) is 0. The van der Waals surface area contributed by atoms with Crippen LogP contribution in [0.25, 0.3) is 0 Å². The number of alkyl carbamates (subject to hydrolysis) is 1. The number of nitrogens with one attached hydrogen (secondary N) is 1. The van der Waals surface area contributed by atoms with Crippen LogP contribution in [0, 0.1) is 5.92 Å². The van der Waals surface area contributed by atoms with E-state index in [9.17, 15) is 4.79 Å². The molecule has 1 N–H and O–H groups in total. The van der Waals surface area contributed by atoms with Gasteiger partial charge in [-0.25, -0.2) is 4.79 Å². The summed E-state index contributed by atoms with van der Waals surface area (Å²) in [5, 5.41) is 2.68. The van der Waals surface area contributed by atoms with Gasteiger partial charge in [0.15, 0.2) is 0 Å². The first-order valence-corrected chi connectivity index (χ1v) is 4.40. The molecule has 0 aliphatic carbocycles. The van der Waals surface area contributed by atoms with Crippen LogP contribution < -0.4 is 5.32 Å². The van der Waals surface area contributed by atoms with Crippen LogP contribution >= 0.6 is 0 Å². The Morgan fingerprint density at radius 1 is 1.23 bits per heavy atom. The van der Waals surface area contributed by atoms with Gasteiger partial charge in [-0.3, -0.25) is 0 Å². The van der Waals surface area contributed by atoms with Crippen molar-refractivity contribution in [2.75, 3.05) is 14.2 Å². The first-order chi connectivity index (χ1) is 6.02. The molecular formula is C9H19NO3. The van der Waals surface area contributed by atoms with Crippen LogP contribution in [0.1, 0.15) is 20.8 Å². The van der Waals surface area contributed by atoms with Crippen molar-refractivity contribution < 1.29 is 14.3 Å². The van der Waals surface area contributed by atoms with Gasteiger partial charge < -0.3 is 14.8 Å². The second kappa shape index (κ2) is 5.80. The fourth-order valence-corrected chi connectivity index (χ4v) is 1.38. The average Bonchev–Trinajstić information content (AvgIpc) is 2.04. The summed E-state index contributed by atoms with van der Waals surface area (Å²) in [4.78, 5) is 10.9. The van der Waals surface area contributed by atoms with E-state index >= 15 is 0 Å². The van der Waals surface area contributed by atoms with Crippen LogP contribution in [0.2, 0.25) is 0 Å². The number of methoxy groups -OCH3 is 2. The third kappa shape index (κ3) is 4.12. The molecule has 0 aliphatic heterocycles. The summed E-state index contributed by atoms with van der Waals surface area (Å²) in [6.45, 7) is 5.98. The van der Waals surface area contributed by atoms with Gasteiger partial charge in [0.05, 0.1) is 19.3 Å². The third-order valence-electron chi connectivity index (χ3n) is 1.95. The van der Waals surface area contributed by atoms with E-state index in [-0.39, 0.29) is 12.1 Å². The molecule has 0 heterocycles. The minimum atomic E-state index is -0.421. The Balaban J connectivity index is 4.05. The van der Waals surface area contributed by atoms with Crippen LogP contribution in [0.15, 0.2) is 0 Å². The van der Waals surface area contributed by atoms with Crippen molar-refractivity contribution in [1.82, 2.24) is 5.32 Å². The van der Waals surface area contributed by atoms with Crippen molar-refractivity contribution in [3.63, 3.8) is 0 Å². The van der Waals surface area contributed by atoms with E-state index in [1.807, 2.05) is 20.8 Å². The molecule has 0 saturated heterocycles. The van der Waals surface area contributed by atoms with Crippen LogP contribution in [0.4, 0.5) is 4.79 Å². The summed E-state index contributed by atoms with van der Waals surface area (Å²) in [7, 11) is 2.99. The number of rotatable bonds is 4. The molecule has 0 aromatic heterocycles. The van der Waals surface area contributed by atoms with E-state index in [2.05, 4.69) is 10.1 Å². The van der Waals surface area contributed by atoms with Crippen molar-refractivity contribution in [3.8, 4) is 0 Å². The lowest BCUT2D eigenvalue weighted by molar-refractivity contribution is 0.0375. The van der Waals surface area contributed by atoms with Crippen LogP contribution in [-0.4, -0.2) is 32.5 Å². The van der Waals surface area contributed by atoms with Gasteiger partial charge in [0.2, 0.25) is 0 Å². The van der Waals surface area contributed by atoms with Crippen LogP contribution in [0.5, 0.6) is 0 Å². The van der Waals surface area contributed by atoms with Gasteiger partial charge in [0.1, 0.15) is 0 Å². The van der Waals surface area contributed by atoms with Crippen molar-refractivity contribution in [2.24, 2.45) is 5.92 Å². The zero-order valence-corrected chi connectivity index (χ0v) is 8.96. The molecular weight excluding hydrogens is 170 g/mol. The maximum atomic E-state index is 10.9. The van der Waals surface area contributed by atoms with E-state index in [1.54, 1.807) is 7.11 Å². The van der Waals surface area contributed by atoms with E-state index in [1.165, 1.54) is 7.11 Å². The molecule has 13 heavy (non-hydrogen) atoms. The Hall–Kier alpha value is -0.770. The molecule has 0 rings (SSSR count). The largest absolute Gasteiger partial charge is 0.453 e. The summed E-state index contributed by atoms with van der Waals surface area (Å²) in [6, 6.07) is -0.0440. The highest BCUT2D eigenvalue weighted by atomic mass is 16.5. The fourth-order valence-electron chi connectivity index (χ4n) is 1.38. The van der Waals surface area contributed by atoms with Crippen LogP contribution in [-0.2, 0) is 9.47 Å². The standard InChI is InChI=1S/C9H19NO3/c1-6(2)8(12-4)7(3)10-9(11)13-5/h6-8H,1-5H3,(H,10,11). The Labute approximate surface area is 79.6 Å². The Bertz CT molecular complexity index is 159. The normalized spacial score (nSPS) is 15.2. The Kier molecular flexibility index (Phi) is 5.46. The average molecular weight is 189 g/mol. The molecule has 2 unspecified atom stereocenters. The molecule has 0 aromatic carbocycles. The molecule has 2 atom stereocenters. The monoisotopic (exact) mass is 189 g/mol. The van der Waals surface area contributed by atoms with E-state index in [0.29, 0.717) is 5.92 Å². The SMILES string of the molecule is COC(=O)NC(C)C(OC)C(C)C. The summed E-state index contributed by atoms with van der Waals surface area (Å²) in [5.74, 6) is 0.358. The lowest BCUT2D eigenvalue weighted by Gasteiger charge is -2.26. The maximum absolute atomic E-state index is 10.9. The lowest BCUT2D eigenvalue weighted by Crippen LogP contribution is -2.44. The van der Waals surface area contributed by atoms with E-state index in [4.69, 9.17) is 4.74 Å². The first kappa shape index (κ1) is 12.2. The highest BCUT2D eigenvalue weighted by Gasteiger charge is 2.21. The second-order valence-electron chi connectivity index (χ2n) is 3.37. The molecule has 0 spiro atoms. The Morgan fingerprint density at radius 2 is 1.77 bits per heavy atom. The van der Waals surface area contributed by atoms with Gasteiger partial charge in [-0.2, -0.15) is 0 Å². The summed E-state index contributed by atoms with van der Waals surface area (Å²) < 4.78 is 9.74. The molecule has 0 aliphatic rings. The topological polar surface area (TPSA) is 47.6 Å². The maximum Gasteiger partial charge on any atom is 0.407 e. The van der Waals surface area contributed by atoms with Crippen molar-refractivity contribution >= 4 is 6.09 Å². The van der Waals surface area contributed by atoms with Gasteiger partial charge in [0, 0.05) is 7.11 Å². The number of hydrogen-bond donors (Lipinski definition) is 1. The number of carbonyl (C=O) groups is 1. The lowest BCUT2D eigenvalue weighted by atomic mass is 10.0. The van der Waals surface area contributed by atoms with Gasteiger partial charge in [0.25, 0.3) is 0 Å². The number of ether oxygens (including phenoxy) is 2. The number of carbonyl (C=O) groups excluding carboxylic acids is 1. The van der Waals surface area contributed by atoms with Gasteiger partial charge in [-0.15, -0.1) is 0 Å². The molecule has 78 valence electrons. The van der Waals surface area contributed by atoms with Crippen molar-refractivity contribution in [2.45, 2.75) is 32.9 Å². The number of hydrogen-bond acceptors (Lipinski definition) is 3. The van der Waals surface area contributed by atoms with Crippen LogP contribution in [0.3, 0.4) is 0 Å². The summed E-state index contributed by atoms with van der Waals surface area (Å²) >= 11 is 0. The molecule has 0 fully saturated rings. The second-order valence-corrected chi connectivity index (χ2v) is 3.37. The van der Waals surface area contributed by atoms with Crippen molar-refractivity contribution in [3.05, 3.63) is 0 Å². The molecule has 1 amide bonds. The molecule has 0 aromatic rings. The fraction of sp³-hybridized carbons (Fsp3) is 0.889. The quantitative estimate of drug-likeness (QED) is 0.727. The zero-order valence-electron chi connectivity index (χ0n) is 8.96.